The summed E-state index contributed by atoms with van der Waals surface area (Å²) in [6.45, 7) is 3.98. The fourth-order valence-electron chi connectivity index (χ4n) is 2.45. The Kier molecular flexibility index (Phi) is 4.74. The maximum absolute atomic E-state index is 12.1. The monoisotopic (exact) mass is 283 g/mol. The Hall–Kier alpha value is -1.17. The number of carbonyl (C=O) groups excluding carboxylic acids is 1. The van der Waals surface area contributed by atoms with Crippen LogP contribution in [0.15, 0.2) is 10.6 Å². The summed E-state index contributed by atoms with van der Waals surface area (Å²) in [5, 5.41) is 7.23. The number of amides is 2. The van der Waals surface area contributed by atoms with Crippen LogP contribution in [-0.2, 0) is 0 Å². The van der Waals surface area contributed by atoms with E-state index in [0.717, 1.165) is 18.6 Å². The standard InChI is InChI=1S/C13H21N3O2S/c1-4-19-11-6-5-10(8-11)16(3)13(17)14-12-7-9(2)18-15-12/h7,10-11H,4-6,8H2,1-3H3,(H,14,15,17). The molecule has 1 fully saturated rings. The van der Waals surface area contributed by atoms with E-state index in [1.54, 1.807) is 17.9 Å². The maximum Gasteiger partial charge on any atom is 0.323 e. The molecule has 1 saturated carbocycles. The molecule has 106 valence electrons. The van der Waals surface area contributed by atoms with E-state index < -0.39 is 0 Å². The van der Waals surface area contributed by atoms with Gasteiger partial charge in [0.15, 0.2) is 5.82 Å². The van der Waals surface area contributed by atoms with Crippen molar-refractivity contribution in [3.05, 3.63) is 11.8 Å². The molecule has 5 nitrogen and oxygen atoms in total. The third-order valence-electron chi connectivity index (χ3n) is 3.49. The summed E-state index contributed by atoms with van der Waals surface area (Å²) in [6.07, 6.45) is 3.36. The van der Waals surface area contributed by atoms with Crippen LogP contribution in [-0.4, -0.2) is 40.2 Å². The molecule has 2 atom stereocenters. The minimum Gasteiger partial charge on any atom is -0.360 e. The van der Waals surface area contributed by atoms with E-state index in [9.17, 15) is 4.79 Å². The number of aromatic nitrogens is 1. The molecule has 0 bridgehead atoms. The number of rotatable bonds is 4. The van der Waals surface area contributed by atoms with E-state index in [1.807, 2.05) is 18.8 Å². The molecule has 0 aliphatic heterocycles. The molecular weight excluding hydrogens is 262 g/mol. The number of hydrogen-bond donors (Lipinski definition) is 1. The van der Waals surface area contributed by atoms with Crippen LogP contribution < -0.4 is 5.32 Å². The van der Waals surface area contributed by atoms with Crippen molar-refractivity contribution >= 4 is 23.6 Å². The van der Waals surface area contributed by atoms with Crippen LogP contribution in [0, 0.1) is 6.92 Å². The van der Waals surface area contributed by atoms with Crippen molar-refractivity contribution in [2.75, 3.05) is 18.1 Å². The Morgan fingerprint density at radius 1 is 1.63 bits per heavy atom. The molecule has 0 aromatic carbocycles. The minimum atomic E-state index is -0.111. The van der Waals surface area contributed by atoms with Gasteiger partial charge in [0.25, 0.3) is 0 Å². The van der Waals surface area contributed by atoms with E-state index in [0.29, 0.717) is 22.9 Å². The molecule has 0 spiro atoms. The van der Waals surface area contributed by atoms with Crippen molar-refractivity contribution < 1.29 is 9.32 Å². The van der Waals surface area contributed by atoms with Crippen LogP contribution in [0.4, 0.5) is 10.6 Å². The molecule has 1 aliphatic carbocycles. The lowest BCUT2D eigenvalue weighted by molar-refractivity contribution is 0.204. The van der Waals surface area contributed by atoms with Crippen molar-refractivity contribution in [3.63, 3.8) is 0 Å². The lowest BCUT2D eigenvalue weighted by Crippen LogP contribution is -2.38. The Bertz CT molecular complexity index is 435. The molecule has 1 N–H and O–H groups in total. The van der Waals surface area contributed by atoms with Gasteiger partial charge in [0, 0.05) is 24.4 Å². The van der Waals surface area contributed by atoms with Gasteiger partial charge in [-0.2, -0.15) is 11.8 Å². The number of hydrogen-bond acceptors (Lipinski definition) is 4. The maximum atomic E-state index is 12.1. The highest BCUT2D eigenvalue weighted by Crippen LogP contribution is 2.32. The van der Waals surface area contributed by atoms with Crippen molar-refractivity contribution in [1.82, 2.24) is 10.1 Å². The highest BCUT2D eigenvalue weighted by molar-refractivity contribution is 7.99. The number of urea groups is 1. The molecule has 0 radical (unpaired) electrons. The fraction of sp³-hybridized carbons (Fsp3) is 0.692. The zero-order valence-electron chi connectivity index (χ0n) is 11.7. The van der Waals surface area contributed by atoms with Gasteiger partial charge in [-0.25, -0.2) is 4.79 Å². The van der Waals surface area contributed by atoms with E-state index in [1.165, 1.54) is 6.42 Å². The molecule has 2 unspecified atom stereocenters. The molecule has 1 aliphatic rings. The summed E-state index contributed by atoms with van der Waals surface area (Å²) in [4.78, 5) is 13.9. The van der Waals surface area contributed by atoms with Gasteiger partial charge < -0.3 is 9.42 Å². The summed E-state index contributed by atoms with van der Waals surface area (Å²) >= 11 is 1.99. The van der Waals surface area contributed by atoms with Gasteiger partial charge in [0.05, 0.1) is 0 Å². The van der Waals surface area contributed by atoms with E-state index in [4.69, 9.17) is 4.52 Å². The van der Waals surface area contributed by atoms with E-state index >= 15 is 0 Å². The van der Waals surface area contributed by atoms with Crippen LogP contribution in [0.25, 0.3) is 0 Å². The lowest BCUT2D eigenvalue weighted by Gasteiger charge is -2.24. The quantitative estimate of drug-likeness (QED) is 0.922. The van der Waals surface area contributed by atoms with Gasteiger partial charge >= 0.3 is 6.03 Å². The first-order chi connectivity index (χ1) is 9.10. The van der Waals surface area contributed by atoms with Crippen molar-refractivity contribution in [1.29, 1.82) is 0 Å². The molecule has 2 amide bonds. The highest BCUT2D eigenvalue weighted by atomic mass is 32.2. The summed E-state index contributed by atoms with van der Waals surface area (Å²) in [7, 11) is 1.85. The van der Waals surface area contributed by atoms with Crippen LogP contribution in [0.1, 0.15) is 31.9 Å². The lowest BCUT2D eigenvalue weighted by atomic mass is 10.2. The summed E-state index contributed by atoms with van der Waals surface area (Å²) in [5.41, 5.74) is 0. The van der Waals surface area contributed by atoms with Crippen LogP contribution in [0.2, 0.25) is 0 Å². The number of nitrogens with one attached hydrogen (secondary N) is 1. The van der Waals surface area contributed by atoms with Crippen molar-refractivity contribution in [2.24, 2.45) is 0 Å². The molecule has 1 heterocycles. The first-order valence-electron chi connectivity index (χ1n) is 6.69. The average Bonchev–Trinajstić information content (AvgIpc) is 2.98. The Morgan fingerprint density at radius 3 is 3.05 bits per heavy atom. The van der Waals surface area contributed by atoms with Gasteiger partial charge in [-0.05, 0) is 31.9 Å². The molecule has 19 heavy (non-hydrogen) atoms. The predicted octanol–water partition coefficient (Wildman–Crippen LogP) is 3.12. The Morgan fingerprint density at radius 2 is 2.42 bits per heavy atom. The number of carbonyl (C=O) groups is 1. The van der Waals surface area contributed by atoms with Crippen LogP contribution in [0.5, 0.6) is 0 Å². The van der Waals surface area contributed by atoms with Crippen molar-refractivity contribution in [3.8, 4) is 0 Å². The van der Waals surface area contributed by atoms with Gasteiger partial charge in [-0.3, -0.25) is 5.32 Å². The fourth-order valence-corrected chi connectivity index (χ4v) is 3.58. The molecule has 6 heteroatoms. The zero-order valence-corrected chi connectivity index (χ0v) is 12.5. The number of nitrogens with zero attached hydrogens (tertiary/aromatic N) is 2. The molecule has 0 saturated heterocycles. The van der Waals surface area contributed by atoms with Crippen LogP contribution >= 0.6 is 11.8 Å². The molecular formula is C13H21N3O2S. The number of anilines is 1. The largest absolute Gasteiger partial charge is 0.360 e. The average molecular weight is 283 g/mol. The second-order valence-corrected chi connectivity index (χ2v) is 6.49. The van der Waals surface area contributed by atoms with E-state index in [2.05, 4.69) is 17.4 Å². The van der Waals surface area contributed by atoms with Gasteiger partial charge in [-0.15, -0.1) is 0 Å². The van der Waals surface area contributed by atoms with Crippen molar-refractivity contribution in [2.45, 2.75) is 44.4 Å². The minimum absolute atomic E-state index is 0.111. The van der Waals surface area contributed by atoms with Crippen LogP contribution in [0.3, 0.4) is 0 Å². The zero-order chi connectivity index (χ0) is 13.8. The second-order valence-electron chi connectivity index (χ2n) is 4.91. The molecule has 2 rings (SSSR count). The summed E-state index contributed by atoms with van der Waals surface area (Å²) < 4.78 is 4.93. The smallest absolute Gasteiger partial charge is 0.323 e. The molecule has 1 aromatic rings. The number of aryl methyl sites for hydroxylation is 1. The first kappa shape index (κ1) is 14.2. The summed E-state index contributed by atoms with van der Waals surface area (Å²) in [5.74, 6) is 2.32. The molecule has 1 aromatic heterocycles. The first-order valence-corrected chi connectivity index (χ1v) is 7.73. The van der Waals surface area contributed by atoms with Gasteiger partial charge in [0.1, 0.15) is 5.76 Å². The van der Waals surface area contributed by atoms with Gasteiger partial charge in [0.2, 0.25) is 0 Å². The normalized spacial score (nSPS) is 22.5. The Balaban J connectivity index is 1.86. The highest BCUT2D eigenvalue weighted by Gasteiger charge is 2.30. The topological polar surface area (TPSA) is 58.4 Å². The predicted molar refractivity (Wildman–Crippen MR) is 77.6 cm³/mol. The summed E-state index contributed by atoms with van der Waals surface area (Å²) in [6, 6.07) is 1.94. The van der Waals surface area contributed by atoms with E-state index in [-0.39, 0.29) is 6.03 Å². The van der Waals surface area contributed by atoms with Gasteiger partial charge in [-0.1, -0.05) is 12.1 Å². The second kappa shape index (κ2) is 6.32. The Labute approximate surface area is 118 Å². The number of thioether (sulfide) groups is 1. The SMILES string of the molecule is CCSC1CCC(N(C)C(=O)Nc2cc(C)on2)C1. The third-order valence-corrected chi connectivity index (χ3v) is 4.72. The third kappa shape index (κ3) is 3.65.